The first-order valence-corrected chi connectivity index (χ1v) is 17.3. The Bertz CT molecular complexity index is 1790. The number of amides is 1. The maximum atomic E-state index is 13.9. The van der Waals surface area contributed by atoms with Crippen LogP contribution in [0.1, 0.15) is 38.8 Å². The first kappa shape index (κ1) is 30.8. The minimum absolute atomic E-state index is 0.121. The first-order valence-electron chi connectivity index (χ1n) is 14.6. The van der Waals surface area contributed by atoms with E-state index in [2.05, 4.69) is 16.9 Å². The lowest BCUT2D eigenvalue weighted by atomic mass is 10.0. The van der Waals surface area contributed by atoms with E-state index in [9.17, 15) is 13.2 Å². The van der Waals surface area contributed by atoms with E-state index in [-0.39, 0.29) is 36.6 Å². The first-order chi connectivity index (χ1) is 21.2. The summed E-state index contributed by atoms with van der Waals surface area (Å²) in [6.07, 6.45) is 2.95. The van der Waals surface area contributed by atoms with E-state index in [1.165, 1.54) is 15.6 Å². The zero-order valence-electron chi connectivity index (χ0n) is 25.0. The molecule has 4 heterocycles. The van der Waals surface area contributed by atoms with Gasteiger partial charge in [0.1, 0.15) is 5.03 Å². The van der Waals surface area contributed by atoms with Gasteiger partial charge in [0.15, 0.2) is 16.5 Å². The topological polar surface area (TPSA) is 108 Å². The number of halogens is 1. The minimum atomic E-state index is -3.84. The number of H-pyrrole nitrogens is 1. The van der Waals surface area contributed by atoms with Crippen molar-refractivity contribution in [1.29, 1.82) is 0 Å². The van der Waals surface area contributed by atoms with Gasteiger partial charge in [-0.15, -0.1) is 11.3 Å². The highest BCUT2D eigenvalue weighted by atomic mass is 35.5. The van der Waals surface area contributed by atoms with Gasteiger partial charge in [0.2, 0.25) is 0 Å². The fraction of sp³-hybridized carbons (Fsp3) is 0.419. The van der Waals surface area contributed by atoms with Gasteiger partial charge in [-0.2, -0.15) is 4.31 Å². The molecule has 1 unspecified atom stereocenters. The monoisotopic (exact) mass is 657 g/mol. The number of carbonyl (C=O) groups is 1. The molecule has 0 bridgehead atoms. The number of benzene rings is 2. The molecule has 2 aromatic heterocycles. The Labute approximate surface area is 266 Å². The molecule has 1 fully saturated rings. The Kier molecular flexibility index (Phi) is 8.89. The number of likely N-dealkylation sites (N-methyl/N-ethyl adjacent to an activating group) is 1. The summed E-state index contributed by atoms with van der Waals surface area (Å²) in [4.78, 5) is 26.9. The molecule has 10 nitrogen and oxygen atoms in total. The summed E-state index contributed by atoms with van der Waals surface area (Å²) < 4.78 is 40.0. The largest absolute Gasteiger partial charge is 0.493 e. The maximum Gasteiger partial charge on any atom is 0.283 e. The second-order valence-corrected chi connectivity index (χ2v) is 14.8. The van der Waals surface area contributed by atoms with Gasteiger partial charge in [0.05, 0.1) is 19.9 Å². The number of fused-ring (bicyclic) bond motifs is 2. The maximum absolute atomic E-state index is 13.9. The van der Waals surface area contributed by atoms with Crippen LogP contribution >= 0.6 is 22.9 Å². The van der Waals surface area contributed by atoms with Crippen molar-refractivity contribution in [3.8, 4) is 11.5 Å². The lowest BCUT2D eigenvalue weighted by Gasteiger charge is -2.40. The average Bonchev–Trinajstić information content (AvgIpc) is 3.65. The predicted octanol–water partition coefficient (Wildman–Crippen LogP) is 4.82. The highest BCUT2D eigenvalue weighted by Gasteiger charge is 2.38. The van der Waals surface area contributed by atoms with Crippen molar-refractivity contribution in [2.45, 2.75) is 43.3 Å². The van der Waals surface area contributed by atoms with Gasteiger partial charge in [-0.05, 0) is 68.3 Å². The molecule has 0 aliphatic carbocycles. The van der Waals surface area contributed by atoms with Crippen LogP contribution in [0, 0.1) is 0 Å². The number of aromatic nitrogens is 2. The molecule has 1 amide bonds. The summed E-state index contributed by atoms with van der Waals surface area (Å²) in [6.45, 7) is 2.39. The van der Waals surface area contributed by atoms with Crippen LogP contribution in [0.4, 0.5) is 0 Å². The van der Waals surface area contributed by atoms with Crippen molar-refractivity contribution >= 4 is 49.8 Å². The van der Waals surface area contributed by atoms with Crippen molar-refractivity contribution < 1.29 is 22.7 Å². The zero-order chi connectivity index (χ0) is 31.0. The number of sulfonamides is 1. The van der Waals surface area contributed by atoms with Crippen LogP contribution < -0.4 is 9.47 Å². The van der Waals surface area contributed by atoms with Crippen molar-refractivity contribution in [3.05, 3.63) is 68.6 Å². The summed E-state index contributed by atoms with van der Waals surface area (Å²) in [5, 5.41) is 1.88. The molecule has 0 spiro atoms. The van der Waals surface area contributed by atoms with Crippen molar-refractivity contribution in [3.63, 3.8) is 0 Å². The molecule has 1 saturated heterocycles. The van der Waals surface area contributed by atoms with Gasteiger partial charge in [-0.3, -0.25) is 4.79 Å². The van der Waals surface area contributed by atoms with Gasteiger partial charge >= 0.3 is 0 Å². The Morgan fingerprint density at radius 3 is 2.70 bits per heavy atom. The van der Waals surface area contributed by atoms with Crippen LogP contribution in [0.2, 0.25) is 5.02 Å². The lowest BCUT2D eigenvalue weighted by molar-refractivity contribution is 0.0547. The Morgan fingerprint density at radius 1 is 1.09 bits per heavy atom. The molecule has 4 aromatic rings. The van der Waals surface area contributed by atoms with Gasteiger partial charge in [-0.25, -0.2) is 13.4 Å². The second kappa shape index (κ2) is 12.7. The van der Waals surface area contributed by atoms with E-state index in [4.69, 9.17) is 26.1 Å². The molecule has 13 heteroatoms. The number of carbonyl (C=O) groups excluding carboxylic acids is 1. The molecule has 44 heavy (non-hydrogen) atoms. The van der Waals surface area contributed by atoms with Crippen LogP contribution in [0.15, 0.2) is 47.5 Å². The van der Waals surface area contributed by atoms with Crippen molar-refractivity contribution in [1.82, 2.24) is 24.1 Å². The number of rotatable bonds is 9. The number of piperazine rings is 1. The summed E-state index contributed by atoms with van der Waals surface area (Å²) >= 11 is 7.60. The van der Waals surface area contributed by atoms with Gasteiger partial charge in [-0.1, -0.05) is 17.7 Å². The highest BCUT2D eigenvalue weighted by molar-refractivity contribution is 7.89. The molecule has 0 saturated carbocycles. The molecule has 2 aromatic carbocycles. The third kappa shape index (κ3) is 6.18. The van der Waals surface area contributed by atoms with E-state index in [0.717, 1.165) is 53.9 Å². The third-order valence-corrected chi connectivity index (χ3v) is 11.5. The van der Waals surface area contributed by atoms with Gasteiger partial charge < -0.3 is 24.3 Å². The van der Waals surface area contributed by atoms with E-state index in [0.29, 0.717) is 33.5 Å². The zero-order valence-corrected chi connectivity index (χ0v) is 27.4. The Hall–Kier alpha value is -3.16. The predicted molar refractivity (Wildman–Crippen MR) is 172 cm³/mol. The molecule has 2 aliphatic rings. The van der Waals surface area contributed by atoms with Crippen LogP contribution in [-0.4, -0.2) is 91.9 Å². The number of aromatic amines is 1. The number of nitrogens with zero attached hydrogens (tertiary/aromatic N) is 4. The normalized spacial score (nSPS) is 18.0. The Morgan fingerprint density at radius 2 is 1.91 bits per heavy atom. The Balaban J connectivity index is 1.23. The molecule has 1 N–H and O–H groups in total. The number of thiazole rings is 1. The smallest absolute Gasteiger partial charge is 0.283 e. The summed E-state index contributed by atoms with van der Waals surface area (Å²) in [7, 11) is 1.45. The standard InChI is InChI=1S/C31H36ClN5O5S2/c1-35-12-11-25-28(19-35)43-30(34-25)31(38)37-14-13-36(44(39,40)29-17-21-16-22(32)8-9-24(21)33-29)18-23(37)6-4-5-20-7-10-26(41-2)27(15-20)42-3/h7-10,15-17,23,33H,4-6,11-14,18-19H2,1-3H3. The van der Waals surface area contributed by atoms with Crippen molar-refractivity contribution in [2.24, 2.45) is 0 Å². The molecule has 6 rings (SSSR count). The molecular formula is C31H36ClN5O5S2. The van der Waals surface area contributed by atoms with Crippen LogP contribution in [0.5, 0.6) is 11.5 Å². The number of ether oxygens (including phenoxy) is 2. The fourth-order valence-corrected chi connectivity index (χ4v) is 8.84. The molecule has 1 atom stereocenters. The third-order valence-electron chi connectivity index (χ3n) is 8.44. The number of aryl methyl sites for hydroxylation is 1. The summed E-state index contributed by atoms with van der Waals surface area (Å²) in [5.41, 5.74) is 2.78. The molecule has 234 valence electrons. The second-order valence-electron chi connectivity index (χ2n) is 11.3. The van der Waals surface area contributed by atoms with Crippen LogP contribution in [0.25, 0.3) is 10.9 Å². The van der Waals surface area contributed by atoms with E-state index in [1.807, 2.05) is 23.1 Å². The fourth-order valence-electron chi connectivity index (χ4n) is 6.03. The lowest BCUT2D eigenvalue weighted by Crippen LogP contribution is -2.56. The van der Waals surface area contributed by atoms with Crippen molar-refractivity contribution in [2.75, 3.05) is 47.4 Å². The van der Waals surface area contributed by atoms with E-state index in [1.54, 1.807) is 38.5 Å². The molecule has 0 radical (unpaired) electrons. The quantitative estimate of drug-likeness (QED) is 0.275. The van der Waals surface area contributed by atoms with E-state index < -0.39 is 10.0 Å². The number of nitrogens with one attached hydrogen (secondary N) is 1. The number of methoxy groups -OCH3 is 2. The molecular weight excluding hydrogens is 622 g/mol. The average molecular weight is 658 g/mol. The van der Waals surface area contributed by atoms with Gasteiger partial charge in [0.25, 0.3) is 15.9 Å². The number of hydrogen-bond acceptors (Lipinski definition) is 8. The highest BCUT2D eigenvalue weighted by Crippen LogP contribution is 2.31. The van der Waals surface area contributed by atoms with Crippen LogP contribution in [0.3, 0.4) is 0 Å². The minimum Gasteiger partial charge on any atom is -0.493 e. The van der Waals surface area contributed by atoms with Gasteiger partial charge in [0, 0.05) is 66.0 Å². The number of hydrogen-bond donors (Lipinski definition) is 1. The summed E-state index contributed by atoms with van der Waals surface area (Å²) in [5.74, 6) is 1.20. The SMILES string of the molecule is COc1ccc(CCCC2CN(S(=O)(=O)c3cc4cc(Cl)ccc4[nH]3)CCN2C(=O)c2nc3c(s2)CN(C)CC3)cc1OC. The molecule has 2 aliphatic heterocycles. The van der Waals surface area contributed by atoms with E-state index >= 15 is 0 Å². The van der Waals surface area contributed by atoms with Crippen LogP contribution in [-0.2, 0) is 29.4 Å². The summed E-state index contributed by atoms with van der Waals surface area (Å²) in [6, 6.07) is 12.4.